The van der Waals surface area contributed by atoms with Crippen LogP contribution in [0.5, 0.6) is 0 Å². The van der Waals surface area contributed by atoms with Gasteiger partial charge in [0.2, 0.25) is 0 Å². The number of anilines is 2. The minimum absolute atomic E-state index is 0.169. The van der Waals surface area contributed by atoms with Crippen molar-refractivity contribution in [2.75, 3.05) is 18.2 Å². The summed E-state index contributed by atoms with van der Waals surface area (Å²) in [5, 5.41) is 3.34. The number of methoxy groups -OCH3 is 1. The van der Waals surface area contributed by atoms with Gasteiger partial charge in [-0.3, -0.25) is 0 Å². The van der Waals surface area contributed by atoms with Crippen molar-refractivity contribution in [3.05, 3.63) is 17.8 Å². The van der Waals surface area contributed by atoms with E-state index < -0.39 is 5.97 Å². The van der Waals surface area contributed by atoms with Gasteiger partial charge in [0, 0.05) is 6.04 Å². The van der Waals surface area contributed by atoms with Gasteiger partial charge < -0.3 is 15.8 Å². The molecule has 0 bridgehead atoms. The summed E-state index contributed by atoms with van der Waals surface area (Å²) in [6.45, 7) is 8.80. The standard InChI is InChI=1S/C14H21N3O2/c1-13(2)12(14(13,3)4)17-10-8(15)6-7-9(16-10)11(18)19-5/h6-7,12H,15H2,1-5H3,(H,16,17). The van der Waals surface area contributed by atoms with E-state index in [-0.39, 0.29) is 22.6 Å². The molecular weight excluding hydrogens is 242 g/mol. The lowest BCUT2D eigenvalue weighted by molar-refractivity contribution is 0.0594. The highest BCUT2D eigenvalue weighted by molar-refractivity contribution is 5.88. The summed E-state index contributed by atoms with van der Waals surface area (Å²) in [6.07, 6.45) is 0. The molecule has 0 radical (unpaired) electrons. The van der Waals surface area contributed by atoms with Gasteiger partial charge in [0.05, 0.1) is 12.8 Å². The van der Waals surface area contributed by atoms with Crippen LogP contribution in [0.3, 0.4) is 0 Å². The number of carbonyl (C=O) groups is 1. The summed E-state index contributed by atoms with van der Waals surface area (Å²) >= 11 is 0. The molecule has 19 heavy (non-hydrogen) atoms. The lowest BCUT2D eigenvalue weighted by Crippen LogP contribution is -2.15. The van der Waals surface area contributed by atoms with Gasteiger partial charge in [0.15, 0.2) is 5.69 Å². The Hall–Kier alpha value is -1.78. The van der Waals surface area contributed by atoms with Crippen LogP contribution in [0, 0.1) is 10.8 Å². The molecule has 104 valence electrons. The smallest absolute Gasteiger partial charge is 0.356 e. The number of nitrogens with zero attached hydrogens (tertiary/aromatic N) is 1. The maximum atomic E-state index is 11.5. The van der Waals surface area contributed by atoms with Gasteiger partial charge >= 0.3 is 5.97 Å². The first-order valence-electron chi connectivity index (χ1n) is 6.33. The quantitative estimate of drug-likeness (QED) is 0.818. The Kier molecular flexibility index (Phi) is 2.96. The molecule has 1 heterocycles. The summed E-state index contributed by atoms with van der Waals surface area (Å²) in [7, 11) is 1.33. The van der Waals surface area contributed by atoms with Gasteiger partial charge in [-0.2, -0.15) is 0 Å². The Labute approximate surface area is 113 Å². The Bertz CT molecular complexity index is 509. The summed E-state index contributed by atoms with van der Waals surface area (Å²) in [5.41, 5.74) is 7.04. The number of nitrogen functional groups attached to an aromatic ring is 1. The third-order valence-corrected chi connectivity index (χ3v) is 4.62. The van der Waals surface area contributed by atoms with Crippen molar-refractivity contribution in [2.45, 2.75) is 33.7 Å². The van der Waals surface area contributed by atoms with E-state index in [1.54, 1.807) is 12.1 Å². The molecule has 1 aromatic heterocycles. The zero-order valence-electron chi connectivity index (χ0n) is 12.1. The molecule has 1 saturated carbocycles. The first kappa shape index (κ1) is 13.6. The van der Waals surface area contributed by atoms with E-state index in [2.05, 4.69) is 42.7 Å². The number of hydrogen-bond donors (Lipinski definition) is 2. The van der Waals surface area contributed by atoms with Crippen LogP contribution in [0.4, 0.5) is 11.5 Å². The number of carbonyl (C=O) groups excluding carboxylic acids is 1. The fourth-order valence-corrected chi connectivity index (χ4v) is 2.50. The zero-order chi connectivity index (χ0) is 14.4. The van der Waals surface area contributed by atoms with Crippen LogP contribution in [0.25, 0.3) is 0 Å². The second-order valence-corrected chi connectivity index (χ2v) is 6.15. The summed E-state index contributed by atoms with van der Waals surface area (Å²) in [6, 6.07) is 3.52. The highest BCUT2D eigenvalue weighted by atomic mass is 16.5. The summed E-state index contributed by atoms with van der Waals surface area (Å²) < 4.78 is 4.66. The molecule has 0 unspecified atom stereocenters. The molecule has 1 aliphatic rings. The van der Waals surface area contributed by atoms with Gasteiger partial charge in [-0.15, -0.1) is 0 Å². The molecule has 0 aliphatic heterocycles. The van der Waals surface area contributed by atoms with Gasteiger partial charge in [-0.1, -0.05) is 27.7 Å². The largest absolute Gasteiger partial charge is 0.464 e. The number of rotatable bonds is 3. The van der Waals surface area contributed by atoms with Crippen molar-refractivity contribution in [2.24, 2.45) is 10.8 Å². The van der Waals surface area contributed by atoms with E-state index >= 15 is 0 Å². The first-order valence-corrected chi connectivity index (χ1v) is 6.33. The van der Waals surface area contributed by atoms with Crippen LogP contribution in [-0.2, 0) is 4.74 Å². The maximum Gasteiger partial charge on any atom is 0.356 e. The molecule has 3 N–H and O–H groups in total. The van der Waals surface area contributed by atoms with E-state index in [1.165, 1.54) is 7.11 Å². The second-order valence-electron chi connectivity index (χ2n) is 6.15. The number of hydrogen-bond acceptors (Lipinski definition) is 5. The maximum absolute atomic E-state index is 11.5. The highest BCUT2D eigenvalue weighted by Crippen LogP contribution is 2.63. The molecule has 1 aliphatic carbocycles. The molecule has 0 spiro atoms. The van der Waals surface area contributed by atoms with E-state index in [0.29, 0.717) is 11.5 Å². The van der Waals surface area contributed by atoms with E-state index in [1.807, 2.05) is 0 Å². The number of esters is 1. The molecule has 1 aromatic rings. The first-order chi connectivity index (χ1) is 8.71. The molecular formula is C14H21N3O2. The Morgan fingerprint density at radius 1 is 1.32 bits per heavy atom. The predicted octanol–water partition coefficient (Wildman–Crippen LogP) is 2.30. The lowest BCUT2D eigenvalue weighted by atomic mass is 10.0. The van der Waals surface area contributed by atoms with Crippen molar-refractivity contribution >= 4 is 17.5 Å². The van der Waals surface area contributed by atoms with Crippen LogP contribution in [0.2, 0.25) is 0 Å². The van der Waals surface area contributed by atoms with E-state index in [9.17, 15) is 4.79 Å². The van der Waals surface area contributed by atoms with Crippen LogP contribution >= 0.6 is 0 Å². The van der Waals surface area contributed by atoms with Crippen molar-refractivity contribution < 1.29 is 9.53 Å². The van der Waals surface area contributed by atoms with Crippen molar-refractivity contribution in [1.29, 1.82) is 0 Å². The topological polar surface area (TPSA) is 77.2 Å². The Balaban J connectivity index is 2.24. The zero-order valence-corrected chi connectivity index (χ0v) is 12.1. The van der Waals surface area contributed by atoms with Crippen LogP contribution < -0.4 is 11.1 Å². The minimum Gasteiger partial charge on any atom is -0.464 e. The average molecular weight is 263 g/mol. The highest BCUT2D eigenvalue weighted by Gasteiger charge is 2.65. The summed E-state index contributed by atoms with van der Waals surface area (Å²) in [5.74, 6) is 0.0870. The molecule has 2 rings (SSSR count). The SMILES string of the molecule is COC(=O)c1ccc(N)c(NC2C(C)(C)C2(C)C)n1. The van der Waals surface area contributed by atoms with E-state index in [4.69, 9.17) is 5.73 Å². The monoisotopic (exact) mass is 263 g/mol. The molecule has 0 saturated heterocycles. The molecule has 0 amide bonds. The van der Waals surface area contributed by atoms with Gasteiger partial charge in [0.1, 0.15) is 5.82 Å². The lowest BCUT2D eigenvalue weighted by Gasteiger charge is -2.11. The van der Waals surface area contributed by atoms with E-state index in [0.717, 1.165) is 0 Å². The van der Waals surface area contributed by atoms with Gasteiger partial charge in [-0.25, -0.2) is 9.78 Å². The number of nitrogens with one attached hydrogen (secondary N) is 1. The third-order valence-electron chi connectivity index (χ3n) is 4.62. The van der Waals surface area contributed by atoms with Gasteiger partial charge in [0.25, 0.3) is 0 Å². The van der Waals surface area contributed by atoms with Crippen LogP contribution in [0.1, 0.15) is 38.2 Å². The molecule has 1 fully saturated rings. The number of ether oxygens (including phenoxy) is 1. The minimum atomic E-state index is -0.461. The van der Waals surface area contributed by atoms with Crippen LogP contribution in [0.15, 0.2) is 12.1 Å². The molecule has 0 atom stereocenters. The molecule has 5 nitrogen and oxygen atoms in total. The average Bonchev–Trinajstić information content (AvgIpc) is 2.73. The number of pyridine rings is 1. The normalized spacial score (nSPS) is 19.8. The number of aromatic nitrogens is 1. The van der Waals surface area contributed by atoms with Crippen LogP contribution in [-0.4, -0.2) is 24.1 Å². The number of nitrogens with two attached hydrogens (primary N) is 1. The van der Waals surface area contributed by atoms with Crippen molar-refractivity contribution in [3.63, 3.8) is 0 Å². The fourth-order valence-electron chi connectivity index (χ4n) is 2.50. The second kappa shape index (κ2) is 4.11. The Morgan fingerprint density at radius 3 is 2.37 bits per heavy atom. The molecule has 5 heteroatoms. The third kappa shape index (κ3) is 2.03. The summed E-state index contributed by atoms with van der Waals surface area (Å²) in [4.78, 5) is 15.7. The predicted molar refractivity (Wildman–Crippen MR) is 75.0 cm³/mol. The fraction of sp³-hybridized carbons (Fsp3) is 0.571. The van der Waals surface area contributed by atoms with Crippen molar-refractivity contribution in [1.82, 2.24) is 4.98 Å². The van der Waals surface area contributed by atoms with Crippen molar-refractivity contribution in [3.8, 4) is 0 Å². The van der Waals surface area contributed by atoms with Gasteiger partial charge in [-0.05, 0) is 23.0 Å². The Morgan fingerprint density at radius 2 is 1.89 bits per heavy atom. The molecule has 0 aromatic carbocycles.